The maximum Gasteiger partial charge on any atom is 0.253 e. The summed E-state index contributed by atoms with van der Waals surface area (Å²) in [4.78, 5) is 35.8. The Morgan fingerprint density at radius 3 is 2.35 bits per heavy atom. The number of nitrogens with zero attached hydrogens (tertiary/aromatic N) is 2. The lowest BCUT2D eigenvalue weighted by Gasteiger charge is -2.20. The molecule has 0 radical (unpaired) electrons. The molecule has 0 aromatic heterocycles. The predicted octanol–water partition coefficient (Wildman–Crippen LogP) is -0.279. The molecule has 9 nitrogen and oxygen atoms in total. The molecule has 0 aliphatic carbocycles. The van der Waals surface area contributed by atoms with E-state index in [1.807, 2.05) is 0 Å². The van der Waals surface area contributed by atoms with Crippen LogP contribution in [0.4, 0.5) is 0 Å². The van der Waals surface area contributed by atoms with Crippen LogP contribution in [0.25, 0.3) is 0 Å². The maximum absolute atomic E-state index is 11.8. The van der Waals surface area contributed by atoms with E-state index < -0.39 is 18.3 Å². The second kappa shape index (κ2) is 10.8. The van der Waals surface area contributed by atoms with Crippen LogP contribution in [0.2, 0.25) is 0 Å². The van der Waals surface area contributed by atoms with Gasteiger partial charge in [0.2, 0.25) is 5.91 Å². The number of nitrogens with one attached hydrogen (secondary N) is 1. The number of aliphatic hydroxyl groups excluding tert-OH is 2. The minimum absolute atomic E-state index is 0.134. The number of unbranched alkanes of at least 4 members (excludes halogenated alkanes) is 2. The molecule has 0 aromatic rings. The Balaban J connectivity index is 2.34. The van der Waals surface area contributed by atoms with Crippen LogP contribution in [0.15, 0.2) is 17.3 Å². The first kappa shape index (κ1) is 21.9. The smallest absolute Gasteiger partial charge is 0.253 e. The summed E-state index contributed by atoms with van der Waals surface area (Å²) in [6.45, 7) is 3.39. The molecule has 9 heteroatoms. The van der Waals surface area contributed by atoms with Crippen molar-refractivity contribution in [2.24, 2.45) is 5.10 Å². The summed E-state index contributed by atoms with van der Waals surface area (Å²) in [6, 6.07) is 0. The average molecular weight is 369 g/mol. The van der Waals surface area contributed by atoms with E-state index >= 15 is 0 Å². The van der Waals surface area contributed by atoms with Crippen LogP contribution >= 0.6 is 0 Å². The molecule has 0 bridgehead atoms. The van der Waals surface area contributed by atoms with Gasteiger partial charge < -0.3 is 14.9 Å². The fourth-order valence-electron chi connectivity index (χ4n) is 2.33. The summed E-state index contributed by atoms with van der Waals surface area (Å²) in [5.74, 6) is -0.948. The van der Waals surface area contributed by atoms with Gasteiger partial charge in [-0.1, -0.05) is 6.42 Å². The number of methoxy groups -OCH3 is 1. The van der Waals surface area contributed by atoms with Crippen LogP contribution in [-0.2, 0) is 19.1 Å². The van der Waals surface area contributed by atoms with Gasteiger partial charge >= 0.3 is 0 Å². The Hall–Kier alpha value is -2.10. The van der Waals surface area contributed by atoms with Gasteiger partial charge in [-0.05, 0) is 26.7 Å². The highest BCUT2D eigenvalue weighted by atomic mass is 16.5. The monoisotopic (exact) mass is 369 g/mol. The number of ether oxygens (including phenoxy) is 1. The van der Waals surface area contributed by atoms with E-state index in [0.29, 0.717) is 25.8 Å². The zero-order valence-corrected chi connectivity index (χ0v) is 15.3. The van der Waals surface area contributed by atoms with Crippen molar-refractivity contribution < 1.29 is 29.3 Å². The third-order valence-corrected chi connectivity index (χ3v) is 4.03. The lowest BCUT2D eigenvalue weighted by atomic mass is 10.1. The summed E-state index contributed by atoms with van der Waals surface area (Å²) in [5.41, 5.74) is 2.48. The molecule has 0 aromatic carbocycles. The molecular formula is C17H27N3O6. The highest BCUT2D eigenvalue weighted by Crippen LogP contribution is 2.08. The molecule has 0 saturated heterocycles. The highest BCUT2D eigenvalue weighted by Gasteiger charge is 2.24. The standard InChI is InChI=1S/C17H27N3O6/c1-11(21)17(25)16(12(2)26-3)19-18-13(22)7-5-4-6-10-20-14(23)8-9-15(20)24/h8-9,11-12,17,21,25H,4-7,10H2,1-3H3,(H,18,22)/b19-16-/t11-,12+,17+/m1/s1. The number of carbonyl (C=O) groups excluding carboxylic acids is 3. The first-order valence-corrected chi connectivity index (χ1v) is 8.56. The topological polar surface area (TPSA) is 129 Å². The fraction of sp³-hybridized carbons (Fsp3) is 0.647. The normalized spacial score (nSPS) is 18.2. The van der Waals surface area contributed by atoms with E-state index in [4.69, 9.17) is 4.74 Å². The first-order valence-electron chi connectivity index (χ1n) is 8.56. The molecule has 1 aliphatic rings. The van der Waals surface area contributed by atoms with E-state index in [0.717, 1.165) is 0 Å². The zero-order valence-electron chi connectivity index (χ0n) is 15.3. The number of hydrogen-bond donors (Lipinski definition) is 3. The molecular weight excluding hydrogens is 342 g/mol. The van der Waals surface area contributed by atoms with Crippen LogP contribution in [0.5, 0.6) is 0 Å². The van der Waals surface area contributed by atoms with Gasteiger partial charge in [-0.25, -0.2) is 5.43 Å². The van der Waals surface area contributed by atoms with Gasteiger partial charge in [-0.2, -0.15) is 5.10 Å². The van der Waals surface area contributed by atoms with Crippen molar-refractivity contribution in [3.63, 3.8) is 0 Å². The Morgan fingerprint density at radius 1 is 1.19 bits per heavy atom. The molecule has 146 valence electrons. The quantitative estimate of drug-likeness (QED) is 0.199. The van der Waals surface area contributed by atoms with Crippen molar-refractivity contribution in [3.8, 4) is 0 Å². The molecule has 1 heterocycles. The predicted molar refractivity (Wildman–Crippen MR) is 94.1 cm³/mol. The van der Waals surface area contributed by atoms with Crippen molar-refractivity contribution in [1.82, 2.24) is 10.3 Å². The largest absolute Gasteiger partial charge is 0.390 e. The molecule has 26 heavy (non-hydrogen) atoms. The van der Waals surface area contributed by atoms with Gasteiger partial charge in [0.15, 0.2) is 0 Å². The number of amides is 3. The lowest BCUT2D eigenvalue weighted by Crippen LogP contribution is -2.40. The molecule has 0 spiro atoms. The first-order chi connectivity index (χ1) is 12.3. The second-order valence-corrected chi connectivity index (χ2v) is 6.11. The summed E-state index contributed by atoms with van der Waals surface area (Å²) in [5, 5.41) is 23.3. The van der Waals surface area contributed by atoms with Crippen LogP contribution < -0.4 is 5.43 Å². The van der Waals surface area contributed by atoms with Crippen molar-refractivity contribution >= 4 is 23.4 Å². The molecule has 0 saturated carbocycles. The summed E-state index contributed by atoms with van der Waals surface area (Å²) in [7, 11) is 1.43. The Bertz CT molecular complexity index is 555. The molecule has 0 fully saturated rings. The summed E-state index contributed by atoms with van der Waals surface area (Å²) in [6.07, 6.45) is 1.70. The molecule has 1 rings (SSSR count). The highest BCUT2D eigenvalue weighted by molar-refractivity contribution is 6.12. The Morgan fingerprint density at radius 2 is 1.81 bits per heavy atom. The molecule has 3 atom stereocenters. The van der Waals surface area contributed by atoms with E-state index in [1.54, 1.807) is 6.92 Å². The number of hydrazone groups is 1. The molecule has 0 unspecified atom stereocenters. The van der Waals surface area contributed by atoms with Crippen molar-refractivity contribution in [2.75, 3.05) is 13.7 Å². The summed E-state index contributed by atoms with van der Waals surface area (Å²) < 4.78 is 5.08. The zero-order chi connectivity index (χ0) is 19.7. The van der Waals surface area contributed by atoms with Crippen molar-refractivity contribution in [2.45, 2.75) is 57.8 Å². The summed E-state index contributed by atoms with van der Waals surface area (Å²) >= 11 is 0. The number of rotatable bonds is 11. The SMILES string of the molecule is CO[C@@H](C)/C(=N/NC(=O)CCCCCN1C(=O)C=CC1=O)[C@@H](O)[C@@H](C)O. The van der Waals surface area contributed by atoms with E-state index in [-0.39, 0.29) is 29.9 Å². The fourth-order valence-corrected chi connectivity index (χ4v) is 2.33. The molecule has 3 amide bonds. The molecule has 1 aliphatic heterocycles. The second-order valence-electron chi connectivity index (χ2n) is 6.11. The Labute approximate surface area is 152 Å². The number of hydrogen-bond acceptors (Lipinski definition) is 7. The van der Waals surface area contributed by atoms with E-state index in [9.17, 15) is 24.6 Å². The van der Waals surface area contributed by atoms with Crippen LogP contribution in [0.3, 0.4) is 0 Å². The number of imide groups is 1. The minimum atomic E-state index is -1.24. The van der Waals surface area contributed by atoms with Gasteiger partial charge in [0.05, 0.1) is 17.9 Å². The van der Waals surface area contributed by atoms with Crippen LogP contribution in [-0.4, -0.2) is 70.5 Å². The minimum Gasteiger partial charge on any atom is -0.390 e. The third-order valence-electron chi connectivity index (χ3n) is 4.03. The third kappa shape index (κ3) is 6.66. The van der Waals surface area contributed by atoms with Crippen LogP contribution in [0, 0.1) is 0 Å². The van der Waals surface area contributed by atoms with Crippen molar-refractivity contribution in [3.05, 3.63) is 12.2 Å². The lowest BCUT2D eigenvalue weighted by molar-refractivity contribution is -0.136. The van der Waals surface area contributed by atoms with Crippen LogP contribution in [0.1, 0.15) is 39.5 Å². The number of carbonyl (C=O) groups is 3. The number of aliphatic hydroxyl groups is 2. The van der Waals surface area contributed by atoms with Crippen molar-refractivity contribution in [1.29, 1.82) is 0 Å². The van der Waals surface area contributed by atoms with Gasteiger partial charge in [-0.15, -0.1) is 0 Å². The van der Waals surface area contributed by atoms with Gasteiger partial charge in [0.1, 0.15) is 6.10 Å². The van der Waals surface area contributed by atoms with Gasteiger partial charge in [0.25, 0.3) is 11.8 Å². The van der Waals surface area contributed by atoms with E-state index in [1.165, 1.54) is 31.1 Å². The maximum atomic E-state index is 11.8. The molecule has 3 N–H and O–H groups in total. The van der Waals surface area contributed by atoms with Gasteiger partial charge in [0, 0.05) is 32.2 Å². The Kier molecular flexibility index (Phi) is 9.11. The van der Waals surface area contributed by atoms with E-state index in [2.05, 4.69) is 10.5 Å². The van der Waals surface area contributed by atoms with Gasteiger partial charge in [-0.3, -0.25) is 19.3 Å². The average Bonchev–Trinajstić information content (AvgIpc) is 2.92.